The Morgan fingerprint density at radius 1 is 1.16 bits per heavy atom. The molecule has 0 saturated heterocycles. The highest BCUT2D eigenvalue weighted by atomic mass is 16.5. The summed E-state index contributed by atoms with van der Waals surface area (Å²) >= 11 is 0. The maximum Gasteiger partial charge on any atom is 0.326 e. The second-order valence-corrected chi connectivity index (χ2v) is 8.61. The fourth-order valence-electron chi connectivity index (χ4n) is 3.62. The van der Waals surface area contributed by atoms with Crippen LogP contribution in [0.15, 0.2) is 23.1 Å². The zero-order valence-electron chi connectivity index (χ0n) is 20.1. The standard InChI is InChI=1S/C22H28N8O8/c23-13(20(34)35)9-38-15(31)6-5-14(21(36)37)28-18(32)10-1-3-11(4-2-10)25-7-12-8-26-17-16(27-12)19(33)30-22(24)29-17/h1,3,8,10-11,13-14,25H,2,4-7,9,23H2,(H,28,32)(H,34,35)(H,36,37)(H3,24,26,29,30,33)/t10?,11?,13-,14-/m0/s1. The van der Waals surface area contributed by atoms with E-state index in [1.807, 2.05) is 0 Å². The van der Waals surface area contributed by atoms with Gasteiger partial charge in [0, 0.05) is 19.0 Å². The van der Waals surface area contributed by atoms with Gasteiger partial charge in [0.25, 0.3) is 5.56 Å². The van der Waals surface area contributed by atoms with Gasteiger partial charge in [-0.05, 0) is 19.3 Å². The third-order valence-electron chi connectivity index (χ3n) is 5.73. The lowest BCUT2D eigenvalue weighted by molar-refractivity contribution is -0.148. The fourth-order valence-corrected chi connectivity index (χ4v) is 3.62. The average Bonchev–Trinajstić information content (AvgIpc) is 2.88. The number of aromatic amines is 1. The number of nitrogens with two attached hydrogens (primary N) is 2. The molecule has 1 amide bonds. The van der Waals surface area contributed by atoms with Crippen molar-refractivity contribution in [3.8, 4) is 0 Å². The van der Waals surface area contributed by atoms with Gasteiger partial charge in [0.15, 0.2) is 11.2 Å². The van der Waals surface area contributed by atoms with E-state index < -0.39 is 54.0 Å². The highest BCUT2D eigenvalue weighted by molar-refractivity contribution is 5.86. The molecule has 0 saturated carbocycles. The number of nitrogens with zero attached hydrogens (tertiary/aromatic N) is 3. The van der Waals surface area contributed by atoms with E-state index in [0.717, 1.165) is 0 Å². The Morgan fingerprint density at radius 3 is 2.58 bits per heavy atom. The molecule has 204 valence electrons. The quantitative estimate of drug-likeness (QED) is 0.115. The lowest BCUT2D eigenvalue weighted by Gasteiger charge is -2.24. The molecule has 0 radical (unpaired) electrons. The molecule has 2 unspecified atom stereocenters. The van der Waals surface area contributed by atoms with E-state index in [1.165, 1.54) is 6.20 Å². The normalized spacial score (nSPS) is 18.4. The predicted octanol–water partition coefficient (Wildman–Crippen LogP) is -1.98. The van der Waals surface area contributed by atoms with Crippen molar-refractivity contribution in [2.45, 2.75) is 50.4 Å². The van der Waals surface area contributed by atoms with E-state index >= 15 is 0 Å². The molecule has 9 N–H and O–H groups in total. The number of carboxylic acids is 2. The number of hydrogen-bond donors (Lipinski definition) is 7. The molecular formula is C22H28N8O8. The topological polar surface area (TPSA) is 266 Å². The molecule has 2 heterocycles. The molecule has 0 aliphatic heterocycles. The molecule has 0 bridgehead atoms. The fraction of sp³-hybridized carbons (Fsp3) is 0.455. The summed E-state index contributed by atoms with van der Waals surface area (Å²) in [5.41, 5.74) is 11.0. The molecular weight excluding hydrogens is 504 g/mol. The summed E-state index contributed by atoms with van der Waals surface area (Å²) in [6, 6.07) is -2.80. The Kier molecular flexibility index (Phi) is 9.39. The molecule has 1 aliphatic rings. The number of nitrogens with one attached hydrogen (secondary N) is 3. The highest BCUT2D eigenvalue weighted by Crippen LogP contribution is 2.19. The van der Waals surface area contributed by atoms with Crippen LogP contribution in [0.4, 0.5) is 5.95 Å². The van der Waals surface area contributed by atoms with Crippen LogP contribution < -0.4 is 27.7 Å². The Balaban J connectivity index is 1.47. The second-order valence-electron chi connectivity index (χ2n) is 8.61. The number of carbonyl (C=O) groups is 4. The van der Waals surface area contributed by atoms with Crippen LogP contribution in [-0.4, -0.2) is 78.7 Å². The van der Waals surface area contributed by atoms with Gasteiger partial charge in [0.05, 0.1) is 17.8 Å². The van der Waals surface area contributed by atoms with Crippen LogP contribution in [0.3, 0.4) is 0 Å². The van der Waals surface area contributed by atoms with Crippen molar-refractivity contribution < 1.29 is 34.1 Å². The Morgan fingerprint density at radius 2 is 1.92 bits per heavy atom. The number of aromatic nitrogens is 4. The Bertz CT molecular complexity index is 1300. The lowest BCUT2D eigenvalue weighted by atomic mass is 9.91. The van der Waals surface area contributed by atoms with Crippen molar-refractivity contribution in [1.29, 1.82) is 0 Å². The van der Waals surface area contributed by atoms with Gasteiger partial charge in [-0.15, -0.1) is 0 Å². The first-order valence-electron chi connectivity index (χ1n) is 11.6. The number of aliphatic carboxylic acids is 2. The zero-order valence-corrected chi connectivity index (χ0v) is 20.1. The smallest absolute Gasteiger partial charge is 0.326 e. The molecule has 38 heavy (non-hydrogen) atoms. The molecule has 16 nitrogen and oxygen atoms in total. The molecule has 0 fully saturated rings. The van der Waals surface area contributed by atoms with E-state index in [2.05, 4.69) is 30.6 Å². The van der Waals surface area contributed by atoms with Crippen molar-refractivity contribution in [2.24, 2.45) is 11.7 Å². The summed E-state index contributed by atoms with van der Waals surface area (Å²) < 4.78 is 4.71. The Hall–Kier alpha value is -4.44. The number of amides is 1. The van der Waals surface area contributed by atoms with Crippen LogP contribution in [0.1, 0.15) is 31.4 Å². The van der Waals surface area contributed by atoms with Gasteiger partial charge in [0.2, 0.25) is 11.9 Å². The van der Waals surface area contributed by atoms with Crippen molar-refractivity contribution in [2.75, 3.05) is 12.3 Å². The number of esters is 1. The van der Waals surface area contributed by atoms with Crippen molar-refractivity contribution in [3.63, 3.8) is 0 Å². The number of carboxylic acid groups (broad SMARTS) is 2. The number of anilines is 1. The monoisotopic (exact) mass is 532 g/mol. The molecule has 0 aromatic carbocycles. The maximum absolute atomic E-state index is 12.6. The molecule has 2 aromatic heterocycles. The zero-order chi connectivity index (χ0) is 27.8. The van der Waals surface area contributed by atoms with E-state index in [4.69, 9.17) is 21.3 Å². The summed E-state index contributed by atoms with van der Waals surface area (Å²) in [6.07, 6.45) is 5.36. The second kappa shape index (κ2) is 12.7. The minimum absolute atomic E-state index is 0.0519. The first-order chi connectivity index (χ1) is 18.0. The van der Waals surface area contributed by atoms with Crippen LogP contribution in [0.2, 0.25) is 0 Å². The van der Waals surface area contributed by atoms with Gasteiger partial charge in [-0.25, -0.2) is 14.8 Å². The van der Waals surface area contributed by atoms with Crippen LogP contribution in [0.5, 0.6) is 0 Å². The minimum atomic E-state index is -1.38. The predicted molar refractivity (Wildman–Crippen MR) is 130 cm³/mol. The van der Waals surface area contributed by atoms with E-state index in [0.29, 0.717) is 25.1 Å². The first kappa shape index (κ1) is 28.1. The first-order valence-corrected chi connectivity index (χ1v) is 11.6. The van der Waals surface area contributed by atoms with Gasteiger partial charge in [-0.1, -0.05) is 12.2 Å². The van der Waals surface area contributed by atoms with Crippen molar-refractivity contribution >= 4 is 40.9 Å². The summed E-state index contributed by atoms with van der Waals surface area (Å²) in [6.45, 7) is -0.244. The summed E-state index contributed by atoms with van der Waals surface area (Å²) in [5.74, 6) is -4.60. The van der Waals surface area contributed by atoms with Crippen LogP contribution in [0.25, 0.3) is 11.2 Å². The third kappa shape index (κ3) is 7.78. The maximum atomic E-state index is 12.6. The third-order valence-corrected chi connectivity index (χ3v) is 5.73. The number of rotatable bonds is 12. The van der Waals surface area contributed by atoms with Gasteiger partial charge in [-0.3, -0.25) is 24.2 Å². The SMILES string of the molecule is Nc1nc2ncc(CNC3C=CC(C(=O)N[C@@H](CCC(=O)OC[C@H](N)C(=O)O)C(=O)O)CC3)nc2c(=O)[nH]1. The van der Waals surface area contributed by atoms with E-state index in [1.54, 1.807) is 12.2 Å². The molecule has 16 heteroatoms. The average molecular weight is 533 g/mol. The van der Waals surface area contributed by atoms with Gasteiger partial charge < -0.3 is 37.1 Å². The van der Waals surface area contributed by atoms with Gasteiger partial charge in [-0.2, -0.15) is 4.98 Å². The van der Waals surface area contributed by atoms with Crippen molar-refractivity contribution in [1.82, 2.24) is 30.6 Å². The summed E-state index contributed by atoms with van der Waals surface area (Å²) in [7, 11) is 0. The summed E-state index contributed by atoms with van der Waals surface area (Å²) in [5, 5.41) is 23.8. The largest absolute Gasteiger partial charge is 0.480 e. The number of carbonyl (C=O) groups excluding carboxylic acids is 2. The summed E-state index contributed by atoms with van der Waals surface area (Å²) in [4.78, 5) is 73.2. The molecule has 3 rings (SSSR count). The molecule has 2 aromatic rings. The Labute approximate surface area is 214 Å². The number of H-pyrrole nitrogens is 1. The van der Waals surface area contributed by atoms with Crippen LogP contribution in [-0.2, 0) is 30.5 Å². The molecule has 1 aliphatic carbocycles. The minimum Gasteiger partial charge on any atom is -0.480 e. The van der Waals surface area contributed by atoms with E-state index in [9.17, 15) is 29.1 Å². The molecule has 0 spiro atoms. The number of hydrogen-bond acceptors (Lipinski definition) is 12. The van der Waals surface area contributed by atoms with Crippen LogP contribution >= 0.6 is 0 Å². The van der Waals surface area contributed by atoms with Gasteiger partial charge >= 0.3 is 17.9 Å². The number of fused-ring (bicyclic) bond motifs is 1. The van der Waals surface area contributed by atoms with Crippen LogP contribution in [0, 0.1) is 5.92 Å². The molecule has 4 atom stereocenters. The van der Waals surface area contributed by atoms with Crippen molar-refractivity contribution in [3.05, 3.63) is 34.4 Å². The number of ether oxygens (including phenoxy) is 1. The lowest BCUT2D eigenvalue weighted by Crippen LogP contribution is -2.44. The highest BCUT2D eigenvalue weighted by Gasteiger charge is 2.27. The number of nitrogen functional groups attached to an aromatic ring is 1. The van der Waals surface area contributed by atoms with Gasteiger partial charge in [0.1, 0.15) is 18.7 Å². The van der Waals surface area contributed by atoms with E-state index in [-0.39, 0.29) is 36.0 Å².